The van der Waals surface area contributed by atoms with Crippen LogP contribution in [-0.2, 0) is 0 Å². The van der Waals surface area contributed by atoms with Gasteiger partial charge >= 0.3 is 0 Å². The maximum atomic E-state index is 2.38. The third-order valence-corrected chi connectivity index (χ3v) is 1.94. The lowest BCUT2D eigenvalue weighted by molar-refractivity contribution is 0.384. The topological polar surface area (TPSA) is 3.24 Å². The molecule has 0 atom stereocenters. The van der Waals surface area contributed by atoms with Gasteiger partial charge in [-0.05, 0) is 32.0 Å². The Balaban J connectivity index is 2.44. The van der Waals surface area contributed by atoms with Crippen molar-refractivity contribution in [1.82, 2.24) is 4.90 Å². The van der Waals surface area contributed by atoms with Crippen LogP contribution in [0.1, 0.15) is 26.7 Å². The Labute approximate surface area is 69.4 Å². The van der Waals surface area contributed by atoms with Crippen LogP contribution in [0.15, 0.2) is 23.9 Å². The minimum Gasteiger partial charge on any atom is -0.377 e. The highest BCUT2D eigenvalue weighted by molar-refractivity contribution is 5.17. The van der Waals surface area contributed by atoms with E-state index >= 15 is 0 Å². The van der Waals surface area contributed by atoms with E-state index in [0.717, 1.165) is 0 Å². The average molecular weight is 151 g/mol. The molecule has 0 fully saturated rings. The Kier molecular flexibility index (Phi) is 3.21. The Morgan fingerprint density at radius 1 is 1.55 bits per heavy atom. The summed E-state index contributed by atoms with van der Waals surface area (Å²) in [6, 6.07) is 0. The van der Waals surface area contributed by atoms with Gasteiger partial charge in [0.1, 0.15) is 0 Å². The molecule has 0 aromatic heterocycles. The van der Waals surface area contributed by atoms with Crippen molar-refractivity contribution >= 4 is 0 Å². The van der Waals surface area contributed by atoms with E-state index in [2.05, 4.69) is 37.1 Å². The highest BCUT2D eigenvalue weighted by atomic mass is 15.1. The molecule has 11 heavy (non-hydrogen) atoms. The summed E-state index contributed by atoms with van der Waals surface area (Å²) in [5.41, 5.74) is 1.39. The van der Waals surface area contributed by atoms with Crippen LogP contribution in [0.5, 0.6) is 0 Å². The van der Waals surface area contributed by atoms with E-state index in [1.807, 2.05) is 0 Å². The van der Waals surface area contributed by atoms with E-state index in [9.17, 15) is 0 Å². The van der Waals surface area contributed by atoms with Crippen molar-refractivity contribution in [3.8, 4) is 0 Å². The number of rotatable bonds is 2. The summed E-state index contributed by atoms with van der Waals surface area (Å²) in [6.45, 7) is 6.75. The summed E-state index contributed by atoms with van der Waals surface area (Å²) in [6.07, 6.45) is 9.14. The fourth-order valence-electron chi connectivity index (χ4n) is 1.30. The molecule has 1 heterocycles. The van der Waals surface area contributed by atoms with E-state index in [0.29, 0.717) is 0 Å². The molecular weight excluding hydrogens is 134 g/mol. The Morgan fingerprint density at radius 3 is 3.09 bits per heavy atom. The first-order valence-electron chi connectivity index (χ1n) is 4.42. The van der Waals surface area contributed by atoms with Crippen molar-refractivity contribution in [2.24, 2.45) is 0 Å². The van der Waals surface area contributed by atoms with E-state index in [4.69, 9.17) is 0 Å². The van der Waals surface area contributed by atoms with Crippen molar-refractivity contribution in [2.75, 3.05) is 13.1 Å². The van der Waals surface area contributed by atoms with Gasteiger partial charge < -0.3 is 4.90 Å². The predicted octanol–water partition coefficient (Wildman–Crippen LogP) is 2.56. The van der Waals surface area contributed by atoms with E-state index in [-0.39, 0.29) is 0 Å². The third kappa shape index (κ3) is 2.79. The first-order chi connectivity index (χ1) is 5.33. The molecule has 0 aromatic rings. The smallest absolute Gasteiger partial charge is 0.0207 e. The van der Waals surface area contributed by atoms with Crippen LogP contribution in [0.4, 0.5) is 0 Å². The molecule has 0 spiro atoms. The molecule has 62 valence electrons. The van der Waals surface area contributed by atoms with E-state index in [1.165, 1.54) is 31.5 Å². The summed E-state index contributed by atoms with van der Waals surface area (Å²) in [7, 11) is 0. The molecule has 1 aliphatic heterocycles. The van der Waals surface area contributed by atoms with Crippen LogP contribution in [0, 0.1) is 0 Å². The van der Waals surface area contributed by atoms with Crippen molar-refractivity contribution in [3.05, 3.63) is 23.9 Å². The van der Waals surface area contributed by atoms with Gasteiger partial charge in [-0.2, -0.15) is 0 Å². The van der Waals surface area contributed by atoms with Gasteiger partial charge in [-0.25, -0.2) is 0 Å². The van der Waals surface area contributed by atoms with Gasteiger partial charge in [-0.15, -0.1) is 0 Å². The lowest BCUT2D eigenvalue weighted by Gasteiger charge is -2.16. The Morgan fingerprint density at radius 2 is 2.36 bits per heavy atom. The van der Waals surface area contributed by atoms with Crippen LogP contribution in [-0.4, -0.2) is 18.0 Å². The zero-order valence-electron chi connectivity index (χ0n) is 7.51. The number of hydrogen-bond acceptors (Lipinski definition) is 1. The van der Waals surface area contributed by atoms with E-state index in [1.54, 1.807) is 0 Å². The molecule has 1 nitrogen and oxygen atoms in total. The highest BCUT2D eigenvalue weighted by Gasteiger charge is 1.98. The molecule has 0 saturated carbocycles. The molecule has 0 aliphatic carbocycles. The summed E-state index contributed by atoms with van der Waals surface area (Å²) < 4.78 is 0. The minimum atomic E-state index is 1.18. The number of nitrogens with zero attached hydrogens (tertiary/aromatic N) is 1. The van der Waals surface area contributed by atoms with Gasteiger partial charge in [0.05, 0.1) is 0 Å². The maximum Gasteiger partial charge on any atom is 0.0207 e. The summed E-state index contributed by atoms with van der Waals surface area (Å²) in [5, 5.41) is 0. The zero-order valence-corrected chi connectivity index (χ0v) is 7.51. The molecular formula is C10H17N. The maximum absolute atomic E-state index is 2.38. The monoisotopic (exact) mass is 151 g/mol. The van der Waals surface area contributed by atoms with Crippen molar-refractivity contribution in [1.29, 1.82) is 0 Å². The lowest BCUT2D eigenvalue weighted by atomic mass is 10.2. The molecule has 1 heteroatoms. The van der Waals surface area contributed by atoms with Crippen LogP contribution in [0.3, 0.4) is 0 Å². The normalized spacial score (nSPS) is 18.0. The number of allylic oxidation sites excluding steroid dienone is 2. The van der Waals surface area contributed by atoms with Crippen molar-refractivity contribution < 1.29 is 0 Å². The molecule has 0 amide bonds. The number of hydrogen-bond donors (Lipinski definition) is 0. The molecule has 1 rings (SSSR count). The molecule has 1 aliphatic rings. The predicted molar refractivity (Wildman–Crippen MR) is 49.4 cm³/mol. The Hall–Kier alpha value is -0.720. The third-order valence-electron chi connectivity index (χ3n) is 1.94. The summed E-state index contributed by atoms with van der Waals surface area (Å²) >= 11 is 0. The Bertz CT molecular complexity index is 168. The fourth-order valence-corrected chi connectivity index (χ4v) is 1.30. The summed E-state index contributed by atoms with van der Waals surface area (Å²) in [5.74, 6) is 0. The van der Waals surface area contributed by atoms with Gasteiger partial charge in [0.15, 0.2) is 0 Å². The largest absolute Gasteiger partial charge is 0.377 e. The van der Waals surface area contributed by atoms with Gasteiger partial charge in [0.2, 0.25) is 0 Å². The quantitative estimate of drug-likeness (QED) is 0.586. The highest BCUT2D eigenvalue weighted by Crippen LogP contribution is 2.06. The first-order valence-corrected chi connectivity index (χ1v) is 4.42. The van der Waals surface area contributed by atoms with Crippen molar-refractivity contribution in [2.45, 2.75) is 26.7 Å². The average Bonchev–Trinajstić information content (AvgIpc) is 2.17. The molecule has 0 aromatic carbocycles. The van der Waals surface area contributed by atoms with Crippen LogP contribution >= 0.6 is 0 Å². The second-order valence-electron chi connectivity index (χ2n) is 3.09. The van der Waals surface area contributed by atoms with E-state index < -0.39 is 0 Å². The zero-order chi connectivity index (χ0) is 8.10. The SMILES string of the molecule is CCCN1C=CC(C)=CCC1. The second kappa shape index (κ2) is 4.22. The van der Waals surface area contributed by atoms with Crippen LogP contribution in [0.2, 0.25) is 0 Å². The van der Waals surface area contributed by atoms with Crippen LogP contribution < -0.4 is 0 Å². The lowest BCUT2D eigenvalue weighted by Crippen LogP contribution is -2.18. The standard InChI is InChI=1S/C10H17N/c1-3-7-11-8-4-5-10(2)6-9-11/h5-6,9H,3-4,7-8H2,1-2H3. The summed E-state index contributed by atoms with van der Waals surface area (Å²) in [4.78, 5) is 2.38. The van der Waals surface area contributed by atoms with Crippen LogP contribution in [0.25, 0.3) is 0 Å². The molecule has 0 radical (unpaired) electrons. The van der Waals surface area contributed by atoms with Crippen molar-refractivity contribution in [3.63, 3.8) is 0 Å². The van der Waals surface area contributed by atoms with Gasteiger partial charge in [-0.3, -0.25) is 0 Å². The molecule has 0 bridgehead atoms. The van der Waals surface area contributed by atoms with Gasteiger partial charge in [-0.1, -0.05) is 18.6 Å². The molecule has 0 saturated heterocycles. The molecule has 0 unspecified atom stereocenters. The van der Waals surface area contributed by atoms with Gasteiger partial charge in [0, 0.05) is 13.1 Å². The first kappa shape index (κ1) is 8.38. The van der Waals surface area contributed by atoms with Gasteiger partial charge in [0.25, 0.3) is 0 Å². The molecule has 0 N–H and O–H groups in total. The second-order valence-corrected chi connectivity index (χ2v) is 3.09. The minimum absolute atomic E-state index is 1.18. The fraction of sp³-hybridized carbons (Fsp3) is 0.600.